The molecule has 0 bridgehead atoms. The standard InChI is InChI=1S/C13H19BrO2/c1-2-15-12-7-6-8-13(11-12)16-10-5-3-4-9-14/h6-8,11H,2-5,9-10H2,1H3. The maximum absolute atomic E-state index is 5.64. The first-order valence-corrected chi connectivity index (χ1v) is 6.90. The Hall–Kier alpha value is -0.700. The zero-order valence-corrected chi connectivity index (χ0v) is 11.3. The molecule has 0 saturated heterocycles. The van der Waals surface area contributed by atoms with Gasteiger partial charge in [0.15, 0.2) is 0 Å². The summed E-state index contributed by atoms with van der Waals surface area (Å²) < 4.78 is 11.0. The first kappa shape index (κ1) is 13.4. The number of ether oxygens (including phenoxy) is 2. The molecule has 0 heterocycles. The smallest absolute Gasteiger partial charge is 0.122 e. The number of halogens is 1. The molecule has 16 heavy (non-hydrogen) atoms. The Morgan fingerprint density at radius 2 is 1.81 bits per heavy atom. The van der Waals surface area contributed by atoms with Crippen molar-refractivity contribution in [2.24, 2.45) is 0 Å². The van der Waals surface area contributed by atoms with Gasteiger partial charge in [0, 0.05) is 11.4 Å². The lowest BCUT2D eigenvalue weighted by Crippen LogP contribution is -1.98. The normalized spacial score (nSPS) is 10.1. The summed E-state index contributed by atoms with van der Waals surface area (Å²) in [5.74, 6) is 1.77. The van der Waals surface area contributed by atoms with Crippen LogP contribution in [0.3, 0.4) is 0 Å². The third kappa shape index (κ3) is 5.40. The number of hydrogen-bond acceptors (Lipinski definition) is 2. The summed E-state index contributed by atoms with van der Waals surface area (Å²) in [6, 6.07) is 7.81. The molecule has 0 atom stereocenters. The molecular weight excluding hydrogens is 268 g/mol. The van der Waals surface area contributed by atoms with Gasteiger partial charge in [0.1, 0.15) is 11.5 Å². The van der Waals surface area contributed by atoms with Crippen molar-refractivity contribution in [3.8, 4) is 11.5 Å². The minimum atomic E-state index is 0.689. The average molecular weight is 287 g/mol. The van der Waals surface area contributed by atoms with Crippen molar-refractivity contribution < 1.29 is 9.47 Å². The van der Waals surface area contributed by atoms with E-state index in [2.05, 4.69) is 15.9 Å². The molecule has 0 aromatic heterocycles. The highest BCUT2D eigenvalue weighted by Crippen LogP contribution is 2.19. The Labute approximate surface area is 106 Å². The topological polar surface area (TPSA) is 18.5 Å². The minimum absolute atomic E-state index is 0.689. The number of alkyl halides is 1. The summed E-state index contributed by atoms with van der Waals surface area (Å²) in [6.45, 7) is 3.45. The molecule has 0 aliphatic heterocycles. The zero-order valence-electron chi connectivity index (χ0n) is 9.75. The van der Waals surface area contributed by atoms with Gasteiger partial charge < -0.3 is 9.47 Å². The molecule has 3 heteroatoms. The molecule has 1 aromatic carbocycles. The van der Waals surface area contributed by atoms with Crippen molar-refractivity contribution in [2.75, 3.05) is 18.5 Å². The molecule has 2 nitrogen and oxygen atoms in total. The van der Waals surface area contributed by atoms with Crippen molar-refractivity contribution in [3.05, 3.63) is 24.3 Å². The largest absolute Gasteiger partial charge is 0.494 e. The zero-order chi connectivity index (χ0) is 11.6. The van der Waals surface area contributed by atoms with E-state index in [0.717, 1.165) is 29.9 Å². The van der Waals surface area contributed by atoms with Gasteiger partial charge in [-0.05, 0) is 38.3 Å². The third-order valence-electron chi connectivity index (χ3n) is 2.16. The second-order valence-electron chi connectivity index (χ2n) is 3.51. The van der Waals surface area contributed by atoms with Gasteiger partial charge in [-0.2, -0.15) is 0 Å². The van der Waals surface area contributed by atoms with Crippen LogP contribution >= 0.6 is 15.9 Å². The SMILES string of the molecule is CCOc1cccc(OCCCCCBr)c1. The second kappa shape index (κ2) is 8.45. The molecule has 90 valence electrons. The van der Waals surface area contributed by atoms with Gasteiger partial charge >= 0.3 is 0 Å². The fourth-order valence-electron chi connectivity index (χ4n) is 1.38. The predicted octanol–water partition coefficient (Wildman–Crippen LogP) is 4.03. The molecule has 0 radical (unpaired) electrons. The molecule has 1 rings (SSSR count). The van der Waals surface area contributed by atoms with Crippen LogP contribution in [0, 0.1) is 0 Å². The summed E-state index contributed by atoms with van der Waals surface area (Å²) in [4.78, 5) is 0. The Balaban J connectivity index is 2.27. The molecule has 0 fully saturated rings. The van der Waals surface area contributed by atoms with Crippen LogP contribution in [0.1, 0.15) is 26.2 Å². The highest BCUT2D eigenvalue weighted by Gasteiger charge is 1.97. The fourth-order valence-corrected chi connectivity index (χ4v) is 1.78. The lowest BCUT2D eigenvalue weighted by atomic mass is 10.3. The molecule has 0 aliphatic carbocycles. The minimum Gasteiger partial charge on any atom is -0.494 e. The van der Waals surface area contributed by atoms with Crippen molar-refractivity contribution in [3.63, 3.8) is 0 Å². The molecule has 0 unspecified atom stereocenters. The van der Waals surface area contributed by atoms with E-state index in [-0.39, 0.29) is 0 Å². The number of hydrogen-bond donors (Lipinski definition) is 0. The molecule has 0 spiro atoms. The maximum Gasteiger partial charge on any atom is 0.122 e. The summed E-state index contributed by atoms with van der Waals surface area (Å²) in [5, 5.41) is 1.08. The molecule has 0 N–H and O–H groups in total. The highest BCUT2D eigenvalue weighted by molar-refractivity contribution is 9.09. The lowest BCUT2D eigenvalue weighted by Gasteiger charge is -2.08. The molecule has 1 aromatic rings. The van der Waals surface area contributed by atoms with Crippen molar-refractivity contribution in [1.82, 2.24) is 0 Å². The van der Waals surface area contributed by atoms with Gasteiger partial charge in [0.05, 0.1) is 13.2 Å². The summed E-state index contributed by atoms with van der Waals surface area (Å²) in [5.41, 5.74) is 0. The van der Waals surface area contributed by atoms with Crippen LogP contribution in [-0.4, -0.2) is 18.5 Å². The van der Waals surface area contributed by atoms with Crippen LogP contribution in [0.25, 0.3) is 0 Å². The summed E-state index contributed by atoms with van der Waals surface area (Å²) in [7, 11) is 0. The summed E-state index contributed by atoms with van der Waals surface area (Å²) >= 11 is 3.42. The van der Waals surface area contributed by atoms with Gasteiger partial charge in [0.25, 0.3) is 0 Å². The Morgan fingerprint density at radius 3 is 2.50 bits per heavy atom. The number of rotatable bonds is 8. The molecule has 0 saturated carbocycles. The first-order chi connectivity index (χ1) is 7.86. The molecule has 0 aliphatic rings. The predicted molar refractivity (Wildman–Crippen MR) is 70.8 cm³/mol. The van der Waals surface area contributed by atoms with E-state index >= 15 is 0 Å². The van der Waals surface area contributed by atoms with Gasteiger partial charge in [-0.15, -0.1) is 0 Å². The van der Waals surface area contributed by atoms with Crippen LogP contribution in [0.2, 0.25) is 0 Å². The van der Waals surface area contributed by atoms with Crippen molar-refractivity contribution in [2.45, 2.75) is 26.2 Å². The van der Waals surface area contributed by atoms with Crippen molar-refractivity contribution in [1.29, 1.82) is 0 Å². The average Bonchev–Trinajstić information content (AvgIpc) is 2.30. The molecular formula is C13H19BrO2. The lowest BCUT2D eigenvalue weighted by molar-refractivity contribution is 0.300. The highest BCUT2D eigenvalue weighted by atomic mass is 79.9. The van der Waals surface area contributed by atoms with E-state index in [1.165, 1.54) is 12.8 Å². The Kier molecular flexibility index (Phi) is 7.06. The third-order valence-corrected chi connectivity index (χ3v) is 2.72. The Morgan fingerprint density at radius 1 is 1.06 bits per heavy atom. The monoisotopic (exact) mass is 286 g/mol. The van der Waals surface area contributed by atoms with E-state index in [1.807, 2.05) is 31.2 Å². The quantitative estimate of drug-likeness (QED) is 0.531. The maximum atomic E-state index is 5.64. The van der Waals surface area contributed by atoms with Crippen LogP contribution in [0.5, 0.6) is 11.5 Å². The fraction of sp³-hybridized carbons (Fsp3) is 0.538. The molecule has 0 amide bonds. The van der Waals surface area contributed by atoms with Gasteiger partial charge in [0.2, 0.25) is 0 Å². The Bertz CT molecular complexity index is 289. The van der Waals surface area contributed by atoms with E-state index in [1.54, 1.807) is 0 Å². The van der Waals surface area contributed by atoms with E-state index < -0.39 is 0 Å². The van der Waals surface area contributed by atoms with Gasteiger partial charge in [-0.1, -0.05) is 22.0 Å². The van der Waals surface area contributed by atoms with Crippen LogP contribution in [-0.2, 0) is 0 Å². The van der Waals surface area contributed by atoms with Crippen LogP contribution in [0.4, 0.5) is 0 Å². The second-order valence-corrected chi connectivity index (χ2v) is 4.30. The van der Waals surface area contributed by atoms with Crippen LogP contribution < -0.4 is 9.47 Å². The first-order valence-electron chi connectivity index (χ1n) is 5.78. The van der Waals surface area contributed by atoms with Gasteiger partial charge in [-0.3, -0.25) is 0 Å². The summed E-state index contributed by atoms with van der Waals surface area (Å²) in [6.07, 6.45) is 3.52. The number of unbranched alkanes of at least 4 members (excludes halogenated alkanes) is 2. The van der Waals surface area contributed by atoms with Crippen LogP contribution in [0.15, 0.2) is 24.3 Å². The van der Waals surface area contributed by atoms with E-state index in [0.29, 0.717) is 6.61 Å². The van der Waals surface area contributed by atoms with E-state index in [9.17, 15) is 0 Å². The van der Waals surface area contributed by atoms with E-state index in [4.69, 9.17) is 9.47 Å². The number of benzene rings is 1. The van der Waals surface area contributed by atoms with Gasteiger partial charge in [-0.25, -0.2) is 0 Å². The van der Waals surface area contributed by atoms with Crippen molar-refractivity contribution >= 4 is 15.9 Å².